The van der Waals surface area contributed by atoms with Crippen LogP contribution in [0.3, 0.4) is 0 Å². The molecule has 0 radical (unpaired) electrons. The van der Waals surface area contributed by atoms with Crippen LogP contribution in [0, 0.1) is 6.92 Å². The monoisotopic (exact) mass is 284 g/mol. The maximum absolute atomic E-state index is 5.82. The fourth-order valence-electron chi connectivity index (χ4n) is 2.05. The van der Waals surface area contributed by atoms with Crippen LogP contribution in [0.5, 0.6) is 5.75 Å². The molecule has 0 amide bonds. The highest BCUT2D eigenvalue weighted by Gasteiger charge is 2.03. The van der Waals surface area contributed by atoms with Crippen LogP contribution >= 0.6 is 11.3 Å². The third-order valence-corrected chi connectivity index (χ3v) is 4.08. The van der Waals surface area contributed by atoms with E-state index in [2.05, 4.69) is 11.1 Å². The zero-order valence-corrected chi connectivity index (χ0v) is 12.1. The molecule has 4 heteroatoms. The van der Waals surface area contributed by atoms with Crippen LogP contribution in [-0.2, 0) is 13.2 Å². The van der Waals surface area contributed by atoms with E-state index in [4.69, 9.17) is 10.5 Å². The van der Waals surface area contributed by atoms with Crippen molar-refractivity contribution in [2.75, 3.05) is 0 Å². The van der Waals surface area contributed by atoms with Gasteiger partial charge in [-0.3, -0.25) is 0 Å². The Hall–Kier alpha value is -1.91. The van der Waals surface area contributed by atoms with Crippen LogP contribution in [0.25, 0.3) is 10.2 Å². The minimum absolute atomic E-state index is 0.555. The molecule has 0 atom stereocenters. The molecular weight excluding hydrogens is 268 g/mol. The van der Waals surface area contributed by atoms with Gasteiger partial charge in [0.05, 0.1) is 15.2 Å². The second-order valence-electron chi connectivity index (χ2n) is 4.67. The van der Waals surface area contributed by atoms with Crippen LogP contribution in [-0.4, -0.2) is 4.98 Å². The highest BCUT2D eigenvalue weighted by Crippen LogP contribution is 2.25. The zero-order valence-electron chi connectivity index (χ0n) is 11.3. The lowest BCUT2D eigenvalue weighted by molar-refractivity contribution is 0.306. The van der Waals surface area contributed by atoms with Crippen molar-refractivity contribution in [3.05, 3.63) is 58.6 Å². The molecule has 1 aromatic heterocycles. The van der Waals surface area contributed by atoms with Crippen molar-refractivity contribution in [1.29, 1.82) is 0 Å². The average molecular weight is 284 g/mol. The number of nitrogens with zero attached hydrogens (tertiary/aromatic N) is 1. The Kier molecular flexibility index (Phi) is 3.67. The van der Waals surface area contributed by atoms with Gasteiger partial charge in [-0.05, 0) is 30.2 Å². The predicted molar refractivity (Wildman–Crippen MR) is 83.0 cm³/mol. The smallest absolute Gasteiger partial charge is 0.122 e. The van der Waals surface area contributed by atoms with Gasteiger partial charge in [0.2, 0.25) is 0 Å². The van der Waals surface area contributed by atoms with Crippen LogP contribution in [0.2, 0.25) is 0 Å². The second kappa shape index (κ2) is 5.61. The number of aromatic nitrogens is 1. The Balaban J connectivity index is 1.72. The molecule has 0 fully saturated rings. The summed E-state index contributed by atoms with van der Waals surface area (Å²) in [6.07, 6.45) is 0. The third kappa shape index (κ3) is 2.81. The molecule has 20 heavy (non-hydrogen) atoms. The Morgan fingerprint density at radius 1 is 1.10 bits per heavy atom. The first kappa shape index (κ1) is 13.1. The molecule has 0 spiro atoms. The largest absolute Gasteiger partial charge is 0.489 e. The average Bonchev–Trinajstić information content (AvgIpc) is 2.85. The van der Waals surface area contributed by atoms with Gasteiger partial charge in [0.1, 0.15) is 12.4 Å². The predicted octanol–water partition coefficient (Wildman–Crippen LogP) is 3.64. The number of aryl methyl sites for hydroxylation is 1. The molecule has 2 aromatic carbocycles. The highest BCUT2D eigenvalue weighted by molar-refractivity contribution is 7.18. The number of nitrogens with two attached hydrogens (primary N) is 1. The molecule has 3 aromatic rings. The molecule has 102 valence electrons. The third-order valence-electron chi connectivity index (χ3n) is 3.13. The topological polar surface area (TPSA) is 48.1 Å². The van der Waals surface area contributed by atoms with Gasteiger partial charge < -0.3 is 10.5 Å². The van der Waals surface area contributed by atoms with E-state index in [0.717, 1.165) is 27.4 Å². The summed E-state index contributed by atoms with van der Waals surface area (Å²) in [6, 6.07) is 14.2. The van der Waals surface area contributed by atoms with Gasteiger partial charge in [-0.1, -0.05) is 24.3 Å². The summed E-state index contributed by atoms with van der Waals surface area (Å²) in [7, 11) is 0. The zero-order chi connectivity index (χ0) is 13.9. The maximum atomic E-state index is 5.82. The van der Waals surface area contributed by atoms with Gasteiger partial charge in [-0.25, -0.2) is 4.98 Å². The van der Waals surface area contributed by atoms with E-state index >= 15 is 0 Å². The summed E-state index contributed by atoms with van der Waals surface area (Å²) in [5, 5.41) is 1.08. The van der Waals surface area contributed by atoms with Gasteiger partial charge in [0, 0.05) is 12.6 Å². The van der Waals surface area contributed by atoms with Crippen LogP contribution in [0.4, 0.5) is 0 Å². The SMILES string of the molecule is Cc1nc2cc(OCc3ccc(CN)cc3)ccc2s1. The first-order chi connectivity index (χ1) is 9.74. The molecule has 0 aliphatic carbocycles. The number of ether oxygens (including phenoxy) is 1. The summed E-state index contributed by atoms with van der Waals surface area (Å²) < 4.78 is 7.01. The Bertz CT molecular complexity index is 719. The number of fused-ring (bicyclic) bond motifs is 1. The lowest BCUT2D eigenvalue weighted by Gasteiger charge is -2.06. The van der Waals surface area contributed by atoms with Crippen molar-refractivity contribution in [3.8, 4) is 5.75 Å². The fourth-order valence-corrected chi connectivity index (χ4v) is 2.86. The van der Waals surface area contributed by atoms with Crippen LogP contribution in [0.1, 0.15) is 16.1 Å². The molecule has 1 heterocycles. The van der Waals surface area contributed by atoms with Crippen molar-refractivity contribution in [2.45, 2.75) is 20.1 Å². The molecule has 3 nitrogen and oxygen atoms in total. The van der Waals surface area contributed by atoms with Gasteiger partial charge in [-0.2, -0.15) is 0 Å². The maximum Gasteiger partial charge on any atom is 0.122 e. The molecule has 0 saturated heterocycles. The summed E-state index contributed by atoms with van der Waals surface area (Å²) in [6.45, 7) is 3.14. The van der Waals surface area contributed by atoms with E-state index in [0.29, 0.717) is 13.2 Å². The van der Waals surface area contributed by atoms with Crippen LogP contribution < -0.4 is 10.5 Å². The Labute approximate surface area is 122 Å². The molecular formula is C16H16N2OS. The molecule has 0 saturated carbocycles. The molecule has 2 N–H and O–H groups in total. The first-order valence-electron chi connectivity index (χ1n) is 6.52. The van der Waals surface area contributed by atoms with Crippen molar-refractivity contribution >= 4 is 21.6 Å². The second-order valence-corrected chi connectivity index (χ2v) is 5.91. The van der Waals surface area contributed by atoms with Gasteiger partial charge in [0.15, 0.2) is 0 Å². The van der Waals surface area contributed by atoms with Gasteiger partial charge in [0.25, 0.3) is 0 Å². The first-order valence-corrected chi connectivity index (χ1v) is 7.34. The van der Waals surface area contributed by atoms with E-state index in [1.165, 1.54) is 4.70 Å². The van der Waals surface area contributed by atoms with Crippen molar-refractivity contribution in [1.82, 2.24) is 4.98 Å². The molecule has 0 bridgehead atoms. The van der Waals surface area contributed by atoms with E-state index in [9.17, 15) is 0 Å². The number of benzene rings is 2. The lowest BCUT2D eigenvalue weighted by Crippen LogP contribution is -1.98. The quantitative estimate of drug-likeness (QED) is 0.795. The minimum Gasteiger partial charge on any atom is -0.489 e. The van der Waals surface area contributed by atoms with Crippen molar-refractivity contribution in [2.24, 2.45) is 5.73 Å². The summed E-state index contributed by atoms with van der Waals surface area (Å²) in [5.41, 5.74) is 8.85. The van der Waals surface area contributed by atoms with E-state index < -0.39 is 0 Å². The van der Waals surface area contributed by atoms with E-state index in [1.807, 2.05) is 43.3 Å². The number of hydrogen-bond acceptors (Lipinski definition) is 4. The number of thiazole rings is 1. The molecule has 3 rings (SSSR count). The minimum atomic E-state index is 0.555. The van der Waals surface area contributed by atoms with Gasteiger partial charge in [-0.15, -0.1) is 11.3 Å². The van der Waals surface area contributed by atoms with Crippen LogP contribution in [0.15, 0.2) is 42.5 Å². The van der Waals surface area contributed by atoms with Crippen molar-refractivity contribution in [3.63, 3.8) is 0 Å². The highest BCUT2D eigenvalue weighted by atomic mass is 32.1. The van der Waals surface area contributed by atoms with Gasteiger partial charge >= 0.3 is 0 Å². The van der Waals surface area contributed by atoms with E-state index in [-0.39, 0.29) is 0 Å². The molecule has 0 aliphatic heterocycles. The summed E-state index contributed by atoms with van der Waals surface area (Å²) in [4.78, 5) is 4.48. The molecule has 0 unspecified atom stereocenters. The summed E-state index contributed by atoms with van der Waals surface area (Å²) >= 11 is 1.70. The standard InChI is InChI=1S/C16H16N2OS/c1-11-18-15-8-14(6-7-16(15)20-11)19-10-13-4-2-12(9-17)3-5-13/h2-8H,9-10,17H2,1H3. The van der Waals surface area contributed by atoms with E-state index in [1.54, 1.807) is 11.3 Å². The molecule has 0 aliphatic rings. The normalized spacial score (nSPS) is 10.9. The Morgan fingerprint density at radius 2 is 1.85 bits per heavy atom. The summed E-state index contributed by atoms with van der Waals surface area (Å²) in [5.74, 6) is 0.853. The fraction of sp³-hybridized carbons (Fsp3) is 0.188. The Morgan fingerprint density at radius 3 is 2.60 bits per heavy atom. The number of rotatable bonds is 4. The van der Waals surface area contributed by atoms with Crippen molar-refractivity contribution < 1.29 is 4.74 Å². The number of hydrogen-bond donors (Lipinski definition) is 1. The lowest BCUT2D eigenvalue weighted by atomic mass is 10.1.